The van der Waals surface area contributed by atoms with E-state index in [1.807, 2.05) is 0 Å². The second-order valence-corrected chi connectivity index (χ2v) is 16.3. The minimum absolute atomic E-state index is 0.467. The largest absolute Gasteiger partial charge is 0.311 e. The average molecular weight is 805 g/mol. The van der Waals surface area contributed by atoms with Crippen molar-refractivity contribution in [2.45, 2.75) is 34.1 Å². The van der Waals surface area contributed by atoms with E-state index in [0.29, 0.717) is 5.92 Å². The molecule has 0 saturated carbocycles. The van der Waals surface area contributed by atoms with Crippen molar-refractivity contribution in [1.82, 2.24) is 0 Å². The molecule has 0 aromatic heterocycles. The van der Waals surface area contributed by atoms with Gasteiger partial charge in [0.05, 0.1) is 0 Å². The summed E-state index contributed by atoms with van der Waals surface area (Å²) in [6, 6.07) is 76.2. The summed E-state index contributed by atoms with van der Waals surface area (Å²) in [5.41, 5.74) is 17.1. The van der Waals surface area contributed by atoms with E-state index in [1.165, 1.54) is 22.4 Å². The molecule has 4 heteroatoms. The van der Waals surface area contributed by atoms with Crippen molar-refractivity contribution in [2.75, 3.05) is 19.6 Å². The van der Waals surface area contributed by atoms with Crippen LogP contribution < -0.4 is 19.6 Å². The predicted molar refractivity (Wildman–Crippen MR) is 264 cm³/mol. The van der Waals surface area contributed by atoms with Crippen LogP contribution in [-0.2, 0) is 0 Å². The molecule has 0 fully saturated rings. The van der Waals surface area contributed by atoms with Crippen LogP contribution in [0, 0.1) is 19.8 Å². The lowest BCUT2D eigenvalue weighted by atomic mass is 9.94. The summed E-state index contributed by atoms with van der Waals surface area (Å²) < 4.78 is 0. The third-order valence-corrected chi connectivity index (χ3v) is 11.4. The van der Waals surface area contributed by atoms with Crippen LogP contribution in [0.15, 0.2) is 236 Å². The van der Waals surface area contributed by atoms with Gasteiger partial charge in [-0.2, -0.15) is 0 Å². The summed E-state index contributed by atoms with van der Waals surface area (Å²) >= 11 is 0. The van der Waals surface area contributed by atoms with E-state index in [9.17, 15) is 0 Å². The number of benzene rings is 8. The van der Waals surface area contributed by atoms with Crippen LogP contribution in [0.4, 0.5) is 62.6 Å². The summed E-state index contributed by atoms with van der Waals surface area (Å²) in [4.78, 5) is 9.38. The number of allylic oxidation sites excluding steroid dienone is 3. The standard InChI is InChI=1S/C58H52N4/c1-43-16-14-24-56(39-43)60(47-18-8-5-9-19-47)53-32-26-50(27-33-53)59(51-28-34-54(35-29-51)61(48-20-10-6-11-21-48)57-25-15-17-44(2)40-57)52-30-36-55(37-31-52)62(49-22-12-7-13-23-49)58-41-45(3)38-46(4)42-58/h5-37,39-42,45H,38H2,1-4H3. The zero-order chi connectivity index (χ0) is 42.4. The highest BCUT2D eigenvalue weighted by atomic mass is 15.2. The molecule has 0 amide bonds. The number of anilines is 11. The van der Waals surface area contributed by atoms with Crippen molar-refractivity contribution >= 4 is 62.6 Å². The highest BCUT2D eigenvalue weighted by Gasteiger charge is 2.21. The first kappa shape index (κ1) is 39.9. The van der Waals surface area contributed by atoms with Crippen molar-refractivity contribution in [2.24, 2.45) is 5.92 Å². The first-order valence-electron chi connectivity index (χ1n) is 21.6. The van der Waals surface area contributed by atoms with Gasteiger partial charge in [0.1, 0.15) is 0 Å². The molecule has 0 spiro atoms. The molecule has 4 nitrogen and oxygen atoms in total. The molecule has 0 N–H and O–H groups in total. The SMILES string of the molecule is CC1=CC(N(c2ccccc2)c2ccc(N(c3ccc(N(c4ccccc4)c4cccc(C)c4)cc3)c3ccc(N(c4ccccc4)c4cccc(C)c4)cc3)cc2)=CC(C)C1. The maximum Gasteiger partial charge on any atom is 0.0464 e. The van der Waals surface area contributed by atoms with Gasteiger partial charge in [-0.25, -0.2) is 0 Å². The van der Waals surface area contributed by atoms with E-state index in [2.05, 4.69) is 272 Å². The number of rotatable bonds is 12. The van der Waals surface area contributed by atoms with Crippen LogP contribution in [0.3, 0.4) is 0 Å². The van der Waals surface area contributed by atoms with Crippen molar-refractivity contribution in [3.8, 4) is 0 Å². The van der Waals surface area contributed by atoms with Gasteiger partial charge in [0.25, 0.3) is 0 Å². The zero-order valence-corrected chi connectivity index (χ0v) is 35.9. The normalized spacial score (nSPS) is 13.5. The Bertz CT molecular complexity index is 2660. The average Bonchev–Trinajstić information content (AvgIpc) is 3.29. The molecule has 1 unspecified atom stereocenters. The number of nitrogens with zero attached hydrogens (tertiary/aromatic N) is 4. The fourth-order valence-electron chi connectivity index (χ4n) is 8.66. The van der Waals surface area contributed by atoms with Crippen molar-refractivity contribution < 1.29 is 0 Å². The van der Waals surface area contributed by atoms with E-state index in [4.69, 9.17) is 0 Å². The van der Waals surface area contributed by atoms with Crippen LogP contribution in [0.2, 0.25) is 0 Å². The topological polar surface area (TPSA) is 13.0 Å². The molecule has 304 valence electrons. The van der Waals surface area contributed by atoms with Gasteiger partial charge >= 0.3 is 0 Å². The van der Waals surface area contributed by atoms with Crippen molar-refractivity contribution in [3.05, 3.63) is 247 Å². The van der Waals surface area contributed by atoms with Crippen molar-refractivity contribution in [1.29, 1.82) is 0 Å². The molecule has 8 aromatic rings. The van der Waals surface area contributed by atoms with Gasteiger partial charge in [0.15, 0.2) is 0 Å². The zero-order valence-electron chi connectivity index (χ0n) is 35.9. The summed E-state index contributed by atoms with van der Waals surface area (Å²) in [7, 11) is 0. The molecule has 0 saturated heterocycles. The van der Waals surface area contributed by atoms with E-state index >= 15 is 0 Å². The summed E-state index contributed by atoms with van der Waals surface area (Å²) in [6.07, 6.45) is 5.81. The summed E-state index contributed by atoms with van der Waals surface area (Å²) in [5.74, 6) is 0.467. The third-order valence-electron chi connectivity index (χ3n) is 11.4. The predicted octanol–water partition coefficient (Wildman–Crippen LogP) is 16.7. The van der Waals surface area contributed by atoms with Gasteiger partial charge in [0, 0.05) is 68.3 Å². The van der Waals surface area contributed by atoms with Gasteiger partial charge in [-0.3, -0.25) is 0 Å². The number of para-hydroxylation sites is 3. The van der Waals surface area contributed by atoms with Crippen LogP contribution in [-0.4, -0.2) is 0 Å². The van der Waals surface area contributed by atoms with Crippen LogP contribution in [0.25, 0.3) is 0 Å². The molecule has 0 aliphatic heterocycles. The molecule has 1 atom stereocenters. The van der Waals surface area contributed by atoms with Crippen LogP contribution in [0.5, 0.6) is 0 Å². The number of hydrogen-bond acceptors (Lipinski definition) is 4. The Hall–Kier alpha value is -7.56. The van der Waals surface area contributed by atoms with Gasteiger partial charge in [0.2, 0.25) is 0 Å². The van der Waals surface area contributed by atoms with E-state index in [-0.39, 0.29) is 0 Å². The Morgan fingerprint density at radius 3 is 0.952 bits per heavy atom. The quantitative estimate of drug-likeness (QED) is 0.122. The first-order valence-corrected chi connectivity index (χ1v) is 21.6. The fourth-order valence-corrected chi connectivity index (χ4v) is 8.66. The third kappa shape index (κ3) is 8.68. The monoisotopic (exact) mass is 804 g/mol. The van der Waals surface area contributed by atoms with Crippen LogP contribution in [0.1, 0.15) is 31.4 Å². The Balaban J connectivity index is 1.14. The van der Waals surface area contributed by atoms with Crippen molar-refractivity contribution in [3.63, 3.8) is 0 Å². The van der Waals surface area contributed by atoms with Crippen LogP contribution >= 0.6 is 0 Å². The Kier molecular flexibility index (Phi) is 11.6. The molecule has 62 heavy (non-hydrogen) atoms. The molecular formula is C58H52N4. The van der Waals surface area contributed by atoms with E-state index in [1.54, 1.807) is 0 Å². The molecule has 0 heterocycles. The van der Waals surface area contributed by atoms with Gasteiger partial charge in [-0.15, -0.1) is 0 Å². The highest BCUT2D eigenvalue weighted by Crippen LogP contribution is 2.43. The van der Waals surface area contributed by atoms with Gasteiger partial charge in [-0.05, 0) is 184 Å². The molecular weight excluding hydrogens is 753 g/mol. The minimum atomic E-state index is 0.467. The maximum atomic E-state index is 2.40. The molecule has 1 aliphatic rings. The minimum Gasteiger partial charge on any atom is -0.311 e. The Morgan fingerprint density at radius 1 is 0.323 bits per heavy atom. The smallest absolute Gasteiger partial charge is 0.0464 e. The lowest BCUT2D eigenvalue weighted by Gasteiger charge is -2.31. The Labute approximate surface area is 367 Å². The lowest BCUT2D eigenvalue weighted by Crippen LogP contribution is -2.18. The molecule has 1 aliphatic carbocycles. The molecule has 9 rings (SSSR count). The fraction of sp³-hybridized carbons (Fsp3) is 0.103. The second-order valence-electron chi connectivity index (χ2n) is 16.3. The van der Waals surface area contributed by atoms with Gasteiger partial charge < -0.3 is 19.6 Å². The molecule has 0 bridgehead atoms. The molecule has 8 aromatic carbocycles. The van der Waals surface area contributed by atoms with E-state index in [0.717, 1.165) is 69.0 Å². The highest BCUT2D eigenvalue weighted by molar-refractivity contribution is 5.84. The number of hydrogen-bond donors (Lipinski definition) is 0. The lowest BCUT2D eigenvalue weighted by molar-refractivity contribution is 0.697. The Morgan fingerprint density at radius 2 is 0.613 bits per heavy atom. The second kappa shape index (κ2) is 18.0. The van der Waals surface area contributed by atoms with Gasteiger partial charge in [-0.1, -0.05) is 97.4 Å². The number of aryl methyl sites for hydroxylation is 2. The molecule has 0 radical (unpaired) electrons. The maximum absolute atomic E-state index is 2.40. The van der Waals surface area contributed by atoms with E-state index < -0.39 is 0 Å². The summed E-state index contributed by atoms with van der Waals surface area (Å²) in [6.45, 7) is 8.84. The first-order chi connectivity index (χ1) is 30.4. The summed E-state index contributed by atoms with van der Waals surface area (Å²) in [5, 5.41) is 0.